The van der Waals surface area contributed by atoms with Crippen molar-refractivity contribution in [2.24, 2.45) is 5.92 Å². The number of rotatable bonds is 5. The van der Waals surface area contributed by atoms with Crippen molar-refractivity contribution >= 4 is 5.91 Å². The van der Waals surface area contributed by atoms with E-state index in [-0.39, 0.29) is 30.6 Å². The summed E-state index contributed by atoms with van der Waals surface area (Å²) in [5.41, 5.74) is 0. The molecule has 140 valence electrons. The SMILES string of the molecule is CC(C)c1nnc([C@@H]2COCCN2C(=O)CO[C@@H]2CCCC[C@H]2C)o1. The first kappa shape index (κ1) is 18.3. The molecule has 7 nitrogen and oxygen atoms in total. The summed E-state index contributed by atoms with van der Waals surface area (Å²) in [5, 5.41) is 8.20. The summed E-state index contributed by atoms with van der Waals surface area (Å²) < 4.78 is 17.2. The van der Waals surface area contributed by atoms with E-state index in [0.717, 1.165) is 6.42 Å². The third-order valence-electron chi connectivity index (χ3n) is 5.14. The average Bonchev–Trinajstić information content (AvgIpc) is 3.11. The Morgan fingerprint density at radius 3 is 2.84 bits per heavy atom. The maximum atomic E-state index is 12.7. The number of carbonyl (C=O) groups excluding carboxylic acids is 1. The van der Waals surface area contributed by atoms with Crippen molar-refractivity contribution in [1.29, 1.82) is 0 Å². The summed E-state index contributed by atoms with van der Waals surface area (Å²) in [6.45, 7) is 7.73. The van der Waals surface area contributed by atoms with Crippen LogP contribution in [0.1, 0.15) is 70.2 Å². The van der Waals surface area contributed by atoms with Gasteiger partial charge in [-0.3, -0.25) is 4.79 Å². The summed E-state index contributed by atoms with van der Waals surface area (Å²) in [5.74, 6) is 1.68. The van der Waals surface area contributed by atoms with Gasteiger partial charge in [0.1, 0.15) is 12.6 Å². The lowest BCUT2D eigenvalue weighted by atomic mass is 9.88. The van der Waals surface area contributed by atoms with Gasteiger partial charge in [0.05, 0.1) is 19.3 Å². The van der Waals surface area contributed by atoms with Crippen LogP contribution in [-0.4, -0.2) is 53.5 Å². The molecular weight excluding hydrogens is 322 g/mol. The van der Waals surface area contributed by atoms with Gasteiger partial charge < -0.3 is 18.8 Å². The summed E-state index contributed by atoms with van der Waals surface area (Å²) in [4.78, 5) is 14.5. The van der Waals surface area contributed by atoms with E-state index in [4.69, 9.17) is 13.9 Å². The zero-order valence-corrected chi connectivity index (χ0v) is 15.4. The highest BCUT2D eigenvalue weighted by atomic mass is 16.5. The number of carbonyl (C=O) groups is 1. The zero-order valence-electron chi connectivity index (χ0n) is 15.4. The first-order valence-electron chi connectivity index (χ1n) is 9.38. The topological polar surface area (TPSA) is 77.7 Å². The van der Waals surface area contributed by atoms with Gasteiger partial charge in [0.2, 0.25) is 17.7 Å². The molecule has 25 heavy (non-hydrogen) atoms. The van der Waals surface area contributed by atoms with Crippen molar-refractivity contribution in [3.63, 3.8) is 0 Å². The van der Waals surface area contributed by atoms with Crippen LogP contribution in [0.3, 0.4) is 0 Å². The minimum atomic E-state index is -0.325. The second kappa shape index (κ2) is 8.27. The largest absolute Gasteiger partial charge is 0.423 e. The van der Waals surface area contributed by atoms with Crippen LogP contribution in [0.4, 0.5) is 0 Å². The predicted molar refractivity (Wildman–Crippen MR) is 91.0 cm³/mol. The average molecular weight is 351 g/mol. The number of morpholine rings is 1. The molecule has 1 aliphatic carbocycles. The van der Waals surface area contributed by atoms with Crippen LogP contribution in [0.15, 0.2) is 4.42 Å². The van der Waals surface area contributed by atoms with Crippen molar-refractivity contribution in [3.05, 3.63) is 11.8 Å². The predicted octanol–water partition coefficient (Wildman–Crippen LogP) is 2.69. The highest BCUT2D eigenvalue weighted by Gasteiger charge is 2.33. The van der Waals surface area contributed by atoms with E-state index in [9.17, 15) is 4.79 Å². The van der Waals surface area contributed by atoms with E-state index in [2.05, 4.69) is 17.1 Å². The molecule has 0 spiro atoms. The van der Waals surface area contributed by atoms with E-state index in [1.54, 1.807) is 4.90 Å². The Balaban J connectivity index is 1.62. The van der Waals surface area contributed by atoms with Crippen molar-refractivity contribution < 1.29 is 18.7 Å². The van der Waals surface area contributed by atoms with E-state index in [1.807, 2.05) is 13.8 Å². The zero-order chi connectivity index (χ0) is 17.8. The highest BCUT2D eigenvalue weighted by Crippen LogP contribution is 2.28. The lowest BCUT2D eigenvalue weighted by Crippen LogP contribution is -2.45. The van der Waals surface area contributed by atoms with Crippen molar-refractivity contribution in [3.8, 4) is 0 Å². The van der Waals surface area contributed by atoms with Crippen LogP contribution in [0, 0.1) is 5.92 Å². The molecule has 0 aromatic carbocycles. The third kappa shape index (κ3) is 4.39. The summed E-state index contributed by atoms with van der Waals surface area (Å²) >= 11 is 0. The summed E-state index contributed by atoms with van der Waals surface area (Å²) in [6.07, 6.45) is 4.86. The fourth-order valence-electron chi connectivity index (χ4n) is 3.51. The van der Waals surface area contributed by atoms with Crippen molar-refractivity contribution in [2.45, 2.75) is 64.5 Å². The van der Waals surface area contributed by atoms with Crippen LogP contribution in [0.5, 0.6) is 0 Å². The molecule has 1 saturated carbocycles. The Morgan fingerprint density at radius 1 is 1.32 bits per heavy atom. The molecule has 1 aliphatic heterocycles. The molecule has 2 aliphatic rings. The quantitative estimate of drug-likeness (QED) is 0.812. The Hall–Kier alpha value is -1.47. The number of aromatic nitrogens is 2. The lowest BCUT2D eigenvalue weighted by molar-refractivity contribution is -0.149. The summed E-state index contributed by atoms with van der Waals surface area (Å²) in [6, 6.07) is -0.325. The number of ether oxygens (including phenoxy) is 2. The Morgan fingerprint density at radius 2 is 2.12 bits per heavy atom. The van der Waals surface area contributed by atoms with Gasteiger partial charge >= 0.3 is 0 Å². The maximum Gasteiger partial charge on any atom is 0.249 e. The second-order valence-corrected chi connectivity index (χ2v) is 7.42. The van der Waals surface area contributed by atoms with E-state index >= 15 is 0 Å². The first-order chi connectivity index (χ1) is 12.1. The van der Waals surface area contributed by atoms with Crippen LogP contribution in [0.2, 0.25) is 0 Å². The minimum absolute atomic E-state index is 0.0321. The molecule has 1 aromatic heterocycles. The molecular formula is C18H29N3O4. The lowest BCUT2D eigenvalue weighted by Gasteiger charge is -2.34. The van der Waals surface area contributed by atoms with Crippen LogP contribution < -0.4 is 0 Å². The Kier molecular flexibility index (Phi) is 6.06. The van der Waals surface area contributed by atoms with E-state index in [1.165, 1.54) is 19.3 Å². The maximum absolute atomic E-state index is 12.7. The van der Waals surface area contributed by atoms with Gasteiger partial charge in [-0.05, 0) is 18.8 Å². The van der Waals surface area contributed by atoms with E-state index in [0.29, 0.717) is 37.5 Å². The van der Waals surface area contributed by atoms with Crippen molar-refractivity contribution in [2.75, 3.05) is 26.4 Å². The molecule has 7 heteroatoms. The molecule has 1 saturated heterocycles. The standard InChI is InChI=1S/C18H29N3O4/c1-12(2)17-19-20-18(25-17)14-10-23-9-8-21(14)16(22)11-24-15-7-5-4-6-13(15)3/h12-15H,4-11H2,1-3H3/t13-,14+,15-/m1/s1. The molecule has 0 radical (unpaired) electrons. The van der Waals surface area contributed by atoms with Gasteiger partial charge in [-0.2, -0.15) is 0 Å². The van der Waals surface area contributed by atoms with Gasteiger partial charge in [0.15, 0.2) is 0 Å². The van der Waals surface area contributed by atoms with Crippen LogP contribution in [0.25, 0.3) is 0 Å². The molecule has 0 unspecified atom stereocenters. The summed E-state index contributed by atoms with van der Waals surface area (Å²) in [7, 11) is 0. The van der Waals surface area contributed by atoms with Gasteiger partial charge in [-0.15, -0.1) is 10.2 Å². The Labute approximate surface area is 149 Å². The number of amides is 1. The van der Waals surface area contributed by atoms with Crippen molar-refractivity contribution in [1.82, 2.24) is 15.1 Å². The normalized spacial score (nSPS) is 27.7. The third-order valence-corrected chi connectivity index (χ3v) is 5.14. The van der Waals surface area contributed by atoms with Gasteiger partial charge in [-0.25, -0.2) is 0 Å². The monoisotopic (exact) mass is 351 g/mol. The molecule has 3 atom stereocenters. The molecule has 2 fully saturated rings. The molecule has 2 heterocycles. The first-order valence-corrected chi connectivity index (χ1v) is 9.38. The molecule has 0 bridgehead atoms. The fourth-order valence-corrected chi connectivity index (χ4v) is 3.51. The second-order valence-electron chi connectivity index (χ2n) is 7.42. The van der Waals surface area contributed by atoms with Crippen LogP contribution >= 0.6 is 0 Å². The highest BCUT2D eigenvalue weighted by molar-refractivity contribution is 5.78. The number of hydrogen-bond acceptors (Lipinski definition) is 6. The van der Waals surface area contributed by atoms with Gasteiger partial charge in [0, 0.05) is 12.5 Å². The number of hydrogen-bond donors (Lipinski definition) is 0. The molecule has 3 rings (SSSR count). The van der Waals surface area contributed by atoms with Gasteiger partial charge in [-0.1, -0.05) is 33.6 Å². The number of nitrogens with zero attached hydrogens (tertiary/aromatic N) is 3. The molecule has 0 N–H and O–H groups in total. The Bertz CT molecular complexity index is 574. The fraction of sp³-hybridized carbons (Fsp3) is 0.833. The van der Waals surface area contributed by atoms with Crippen LogP contribution in [-0.2, 0) is 14.3 Å². The smallest absolute Gasteiger partial charge is 0.249 e. The molecule has 1 amide bonds. The van der Waals surface area contributed by atoms with Gasteiger partial charge in [0.25, 0.3) is 0 Å². The minimum Gasteiger partial charge on any atom is -0.423 e. The molecule has 1 aromatic rings. The van der Waals surface area contributed by atoms with E-state index < -0.39 is 0 Å².